The smallest absolute Gasteiger partial charge is 0.232 e. The fourth-order valence-corrected chi connectivity index (χ4v) is 4.94. The fraction of sp³-hybridized carbons (Fsp3) is 0.632. The summed E-state index contributed by atoms with van der Waals surface area (Å²) in [5.74, 6) is 1.07. The lowest BCUT2D eigenvalue weighted by atomic mass is 9.94. The van der Waals surface area contributed by atoms with Crippen molar-refractivity contribution in [2.45, 2.75) is 56.1 Å². The molecule has 0 N–H and O–H groups in total. The largest absolute Gasteiger partial charge is 0.341 e. The molecular weight excluding hydrogens is 309 g/mol. The first-order valence-corrected chi connectivity index (χ1v) is 9.92. The lowest BCUT2D eigenvalue weighted by molar-refractivity contribution is -0.128. The molecule has 23 heavy (non-hydrogen) atoms. The van der Waals surface area contributed by atoms with Crippen LogP contribution in [0.1, 0.15) is 56.4 Å². The average Bonchev–Trinajstić information content (AvgIpc) is 2.96. The van der Waals surface area contributed by atoms with E-state index in [0.717, 1.165) is 37.9 Å². The van der Waals surface area contributed by atoms with Crippen molar-refractivity contribution in [2.24, 2.45) is 0 Å². The van der Waals surface area contributed by atoms with Crippen LogP contribution in [0.3, 0.4) is 0 Å². The summed E-state index contributed by atoms with van der Waals surface area (Å²) in [6, 6.07) is 6.81. The summed E-state index contributed by atoms with van der Waals surface area (Å²) >= 11 is 1.85. The van der Waals surface area contributed by atoms with Crippen LogP contribution in [-0.2, 0) is 4.79 Å². The number of amides is 1. The summed E-state index contributed by atoms with van der Waals surface area (Å²) in [5.41, 5.74) is 1.16. The van der Waals surface area contributed by atoms with Crippen molar-refractivity contribution >= 4 is 17.7 Å². The third-order valence-electron chi connectivity index (χ3n) is 5.11. The molecule has 1 amide bonds. The number of nitrogens with zero attached hydrogens (tertiary/aromatic N) is 1. The predicted molar refractivity (Wildman–Crippen MR) is 94.3 cm³/mol. The molecule has 0 aromatic heterocycles. The first-order valence-electron chi connectivity index (χ1n) is 8.87. The second kappa shape index (κ2) is 8.18. The van der Waals surface area contributed by atoms with Gasteiger partial charge in [-0.1, -0.05) is 31.4 Å². The van der Waals surface area contributed by atoms with E-state index in [9.17, 15) is 9.18 Å². The zero-order valence-corrected chi connectivity index (χ0v) is 14.5. The third kappa shape index (κ3) is 4.72. The maximum absolute atomic E-state index is 13.1. The van der Waals surface area contributed by atoms with Gasteiger partial charge in [-0.2, -0.15) is 0 Å². The molecule has 2 aliphatic rings. The van der Waals surface area contributed by atoms with Crippen LogP contribution in [0.25, 0.3) is 0 Å². The van der Waals surface area contributed by atoms with Gasteiger partial charge in [-0.15, -0.1) is 11.8 Å². The lowest BCUT2D eigenvalue weighted by Gasteiger charge is -2.25. The Kier molecular flexibility index (Phi) is 5.98. The van der Waals surface area contributed by atoms with E-state index in [1.165, 1.54) is 37.8 Å². The van der Waals surface area contributed by atoms with Crippen molar-refractivity contribution in [3.63, 3.8) is 0 Å². The van der Waals surface area contributed by atoms with Gasteiger partial charge in [-0.25, -0.2) is 4.39 Å². The van der Waals surface area contributed by atoms with Gasteiger partial charge in [0.25, 0.3) is 0 Å². The highest BCUT2D eigenvalue weighted by Gasteiger charge is 2.24. The van der Waals surface area contributed by atoms with E-state index in [4.69, 9.17) is 0 Å². The molecule has 0 bridgehead atoms. The van der Waals surface area contributed by atoms with Gasteiger partial charge < -0.3 is 4.90 Å². The Hall–Kier alpha value is -1.03. The standard InChI is InChI=1S/C19H26FNOS/c20-17-10-8-15(9-11-17)16-5-3-4-12-21(13-16)19(22)14-23-18-6-1-2-7-18/h8-11,16,18H,1-7,12-14H2/t16-/m0/s1. The number of hydrogen-bond donors (Lipinski definition) is 0. The van der Waals surface area contributed by atoms with Gasteiger partial charge in [0, 0.05) is 24.3 Å². The van der Waals surface area contributed by atoms with Gasteiger partial charge in [0.2, 0.25) is 5.91 Å². The monoisotopic (exact) mass is 335 g/mol. The van der Waals surface area contributed by atoms with Gasteiger partial charge in [0.1, 0.15) is 5.82 Å². The summed E-state index contributed by atoms with van der Waals surface area (Å²) < 4.78 is 13.1. The van der Waals surface area contributed by atoms with E-state index < -0.39 is 0 Å². The molecule has 1 aliphatic heterocycles. The Labute approximate surface area is 142 Å². The number of likely N-dealkylation sites (tertiary alicyclic amines) is 1. The summed E-state index contributed by atoms with van der Waals surface area (Å²) in [6.07, 6.45) is 8.50. The van der Waals surface area contributed by atoms with Crippen molar-refractivity contribution in [1.82, 2.24) is 4.90 Å². The van der Waals surface area contributed by atoms with E-state index in [0.29, 0.717) is 16.9 Å². The van der Waals surface area contributed by atoms with Gasteiger partial charge in [0.05, 0.1) is 5.75 Å². The van der Waals surface area contributed by atoms with Crippen LogP contribution in [0.5, 0.6) is 0 Å². The van der Waals surface area contributed by atoms with E-state index in [-0.39, 0.29) is 11.7 Å². The molecule has 1 aliphatic carbocycles. The molecule has 0 spiro atoms. The van der Waals surface area contributed by atoms with Crippen molar-refractivity contribution < 1.29 is 9.18 Å². The van der Waals surface area contributed by atoms with Crippen molar-refractivity contribution in [3.8, 4) is 0 Å². The minimum atomic E-state index is -0.191. The number of thioether (sulfide) groups is 1. The van der Waals surface area contributed by atoms with Gasteiger partial charge in [0.15, 0.2) is 0 Å². The van der Waals surface area contributed by atoms with Crippen LogP contribution >= 0.6 is 11.8 Å². The molecule has 3 rings (SSSR count). The van der Waals surface area contributed by atoms with Crippen LogP contribution in [0, 0.1) is 5.82 Å². The SMILES string of the molecule is O=C(CSC1CCCC1)N1CCCC[C@H](c2ccc(F)cc2)C1. The van der Waals surface area contributed by atoms with E-state index in [1.807, 2.05) is 28.8 Å². The molecule has 1 heterocycles. The molecule has 0 unspecified atom stereocenters. The highest BCUT2D eigenvalue weighted by atomic mass is 32.2. The Bertz CT molecular complexity index is 513. The summed E-state index contributed by atoms with van der Waals surface area (Å²) in [7, 11) is 0. The minimum absolute atomic E-state index is 0.191. The zero-order valence-electron chi connectivity index (χ0n) is 13.7. The summed E-state index contributed by atoms with van der Waals surface area (Å²) in [4.78, 5) is 14.6. The molecule has 1 aromatic carbocycles. The Morgan fingerprint density at radius 2 is 1.78 bits per heavy atom. The highest BCUT2D eigenvalue weighted by Crippen LogP contribution is 2.31. The first kappa shape index (κ1) is 16.8. The average molecular weight is 335 g/mol. The number of carbonyl (C=O) groups is 1. The number of carbonyl (C=O) groups excluding carboxylic acids is 1. The molecule has 0 radical (unpaired) electrons. The van der Waals surface area contributed by atoms with Crippen LogP contribution in [0.15, 0.2) is 24.3 Å². The van der Waals surface area contributed by atoms with Crippen molar-refractivity contribution in [3.05, 3.63) is 35.6 Å². The second-order valence-electron chi connectivity index (χ2n) is 6.80. The predicted octanol–water partition coefficient (Wildman–Crippen LogP) is 4.60. The van der Waals surface area contributed by atoms with Gasteiger partial charge in [-0.05, 0) is 43.4 Å². The van der Waals surface area contributed by atoms with Crippen molar-refractivity contribution in [1.29, 1.82) is 0 Å². The van der Waals surface area contributed by atoms with Crippen LogP contribution < -0.4 is 0 Å². The second-order valence-corrected chi connectivity index (χ2v) is 8.09. The normalized spacial score (nSPS) is 23.0. The maximum Gasteiger partial charge on any atom is 0.232 e. The molecule has 126 valence electrons. The van der Waals surface area contributed by atoms with E-state index in [1.54, 1.807) is 0 Å². The van der Waals surface area contributed by atoms with E-state index in [2.05, 4.69) is 0 Å². The molecule has 1 saturated carbocycles. The highest BCUT2D eigenvalue weighted by molar-refractivity contribution is 8.00. The molecule has 1 atom stereocenters. The molecular formula is C19H26FNOS. The van der Waals surface area contributed by atoms with Gasteiger partial charge in [-0.3, -0.25) is 4.79 Å². The molecule has 1 saturated heterocycles. The summed E-state index contributed by atoms with van der Waals surface area (Å²) in [5, 5.41) is 0.693. The maximum atomic E-state index is 13.1. The van der Waals surface area contributed by atoms with Gasteiger partial charge >= 0.3 is 0 Å². The number of hydrogen-bond acceptors (Lipinski definition) is 2. The first-order chi connectivity index (χ1) is 11.2. The Morgan fingerprint density at radius 3 is 2.52 bits per heavy atom. The topological polar surface area (TPSA) is 20.3 Å². The summed E-state index contributed by atoms with van der Waals surface area (Å²) in [6.45, 7) is 1.66. The van der Waals surface area contributed by atoms with Crippen LogP contribution in [0.2, 0.25) is 0 Å². The number of halogens is 1. The molecule has 2 nitrogen and oxygen atoms in total. The van der Waals surface area contributed by atoms with Crippen LogP contribution in [0.4, 0.5) is 4.39 Å². The Balaban J connectivity index is 1.57. The third-order valence-corrected chi connectivity index (χ3v) is 6.47. The molecule has 1 aromatic rings. The van der Waals surface area contributed by atoms with Crippen molar-refractivity contribution in [2.75, 3.05) is 18.8 Å². The zero-order chi connectivity index (χ0) is 16.1. The quantitative estimate of drug-likeness (QED) is 0.801. The van der Waals surface area contributed by atoms with Crippen LogP contribution in [-0.4, -0.2) is 34.9 Å². The lowest BCUT2D eigenvalue weighted by Crippen LogP contribution is -2.35. The molecule has 4 heteroatoms. The Morgan fingerprint density at radius 1 is 1.09 bits per heavy atom. The molecule has 2 fully saturated rings. The van der Waals surface area contributed by atoms with E-state index >= 15 is 0 Å². The number of benzene rings is 1. The minimum Gasteiger partial charge on any atom is -0.341 e. The fourth-order valence-electron chi connectivity index (χ4n) is 3.71. The number of rotatable bonds is 4.